The Morgan fingerprint density at radius 1 is 1.38 bits per heavy atom. The minimum Gasteiger partial charge on any atom is -0.504 e. The summed E-state index contributed by atoms with van der Waals surface area (Å²) in [6.07, 6.45) is 1.10. The predicted molar refractivity (Wildman–Crippen MR) is 99.7 cm³/mol. The Bertz CT molecular complexity index is 839. The van der Waals surface area contributed by atoms with Crippen LogP contribution in [0, 0.1) is 10.1 Å². The largest absolute Gasteiger partial charge is 0.504 e. The highest BCUT2D eigenvalue weighted by Gasteiger charge is 2.15. The molecule has 0 spiro atoms. The Morgan fingerprint density at radius 2 is 2.08 bits per heavy atom. The smallest absolute Gasteiger partial charge is 0.274 e. The molecule has 0 unspecified atom stereocenters. The topological polar surface area (TPSA) is 126 Å². The zero-order valence-electron chi connectivity index (χ0n) is 13.6. The van der Waals surface area contributed by atoms with Gasteiger partial charge < -0.3 is 15.2 Å². The third kappa shape index (κ3) is 5.18. The van der Waals surface area contributed by atoms with Crippen LogP contribution in [0.3, 0.4) is 0 Å². The number of hydrogen-bond acceptors (Lipinski definition) is 7. The molecule has 0 bridgehead atoms. The van der Waals surface area contributed by atoms with Crippen LogP contribution in [0.1, 0.15) is 5.56 Å². The number of phenolic OH excluding ortho intramolecular Hbond substituents is 1. The van der Waals surface area contributed by atoms with Crippen molar-refractivity contribution in [3.05, 3.63) is 56.5 Å². The Labute approximate surface area is 157 Å². The molecule has 2 rings (SSSR count). The van der Waals surface area contributed by atoms with E-state index in [2.05, 4.69) is 31.8 Å². The highest BCUT2D eigenvalue weighted by atomic mass is 79.9. The molecule has 0 heterocycles. The monoisotopic (exact) mass is 422 g/mol. The van der Waals surface area contributed by atoms with Crippen molar-refractivity contribution in [2.24, 2.45) is 5.10 Å². The Balaban J connectivity index is 1.98. The SMILES string of the molecule is COc1cc([N+](=O)[O-])cc(C=NNC(=O)CNc2ccc(Br)cc2)c1O. The number of ether oxygens (including phenoxy) is 1. The molecule has 2 aromatic carbocycles. The van der Waals surface area contributed by atoms with Crippen molar-refractivity contribution < 1.29 is 19.6 Å². The molecule has 10 heteroatoms. The molecule has 0 radical (unpaired) electrons. The number of hydrazone groups is 1. The van der Waals surface area contributed by atoms with Crippen molar-refractivity contribution in [2.45, 2.75) is 0 Å². The maximum atomic E-state index is 11.8. The van der Waals surface area contributed by atoms with E-state index in [0.717, 1.165) is 28.5 Å². The summed E-state index contributed by atoms with van der Waals surface area (Å²) in [4.78, 5) is 22.0. The number of nitrogens with one attached hydrogen (secondary N) is 2. The number of non-ortho nitro benzene ring substituents is 1. The van der Waals surface area contributed by atoms with E-state index in [1.807, 2.05) is 12.1 Å². The van der Waals surface area contributed by atoms with E-state index in [4.69, 9.17) is 4.74 Å². The lowest BCUT2D eigenvalue weighted by Crippen LogP contribution is -2.25. The number of nitro benzene ring substituents is 1. The van der Waals surface area contributed by atoms with Gasteiger partial charge in [-0.15, -0.1) is 0 Å². The molecular formula is C16H15BrN4O5. The lowest BCUT2D eigenvalue weighted by atomic mass is 10.2. The van der Waals surface area contributed by atoms with Gasteiger partial charge in [-0.1, -0.05) is 15.9 Å². The third-order valence-corrected chi connectivity index (χ3v) is 3.74. The first kappa shape index (κ1) is 19.2. The number of phenols is 1. The molecular weight excluding hydrogens is 408 g/mol. The molecule has 0 aliphatic carbocycles. The molecule has 0 aliphatic rings. The van der Waals surface area contributed by atoms with Crippen LogP contribution in [0.5, 0.6) is 11.5 Å². The number of amides is 1. The van der Waals surface area contributed by atoms with Gasteiger partial charge in [-0.05, 0) is 24.3 Å². The van der Waals surface area contributed by atoms with Gasteiger partial charge in [-0.25, -0.2) is 5.43 Å². The number of hydrogen-bond donors (Lipinski definition) is 3. The van der Waals surface area contributed by atoms with Crippen molar-refractivity contribution in [3.63, 3.8) is 0 Å². The second-order valence-electron chi connectivity index (χ2n) is 5.00. The molecule has 0 saturated heterocycles. The van der Waals surface area contributed by atoms with E-state index in [9.17, 15) is 20.0 Å². The van der Waals surface area contributed by atoms with Crippen LogP contribution in [-0.4, -0.2) is 35.8 Å². The molecule has 0 aromatic heterocycles. The zero-order chi connectivity index (χ0) is 19.1. The summed E-state index contributed by atoms with van der Waals surface area (Å²) in [6, 6.07) is 9.47. The standard InChI is InChI=1S/C16H15BrN4O5/c1-26-14-7-13(21(24)25)6-10(16(14)23)8-19-20-15(22)9-18-12-4-2-11(17)3-5-12/h2-8,18,23H,9H2,1H3,(H,20,22). The van der Waals surface area contributed by atoms with E-state index in [1.165, 1.54) is 7.11 Å². The van der Waals surface area contributed by atoms with Gasteiger partial charge in [0.2, 0.25) is 0 Å². The number of benzene rings is 2. The van der Waals surface area contributed by atoms with Crippen LogP contribution < -0.4 is 15.5 Å². The third-order valence-electron chi connectivity index (χ3n) is 3.21. The van der Waals surface area contributed by atoms with Crippen LogP contribution in [-0.2, 0) is 4.79 Å². The number of anilines is 1. The molecule has 2 aromatic rings. The van der Waals surface area contributed by atoms with Crippen LogP contribution in [0.25, 0.3) is 0 Å². The highest BCUT2D eigenvalue weighted by molar-refractivity contribution is 9.10. The van der Waals surface area contributed by atoms with E-state index in [1.54, 1.807) is 12.1 Å². The van der Waals surface area contributed by atoms with E-state index < -0.39 is 10.8 Å². The summed E-state index contributed by atoms with van der Waals surface area (Å²) in [5, 5.41) is 27.5. The fourth-order valence-corrected chi connectivity index (χ4v) is 2.20. The van der Waals surface area contributed by atoms with Gasteiger partial charge >= 0.3 is 0 Å². The Morgan fingerprint density at radius 3 is 2.69 bits per heavy atom. The molecule has 0 aliphatic heterocycles. The van der Waals surface area contributed by atoms with Gasteiger partial charge in [0, 0.05) is 21.8 Å². The molecule has 0 atom stereocenters. The highest BCUT2D eigenvalue weighted by Crippen LogP contribution is 2.33. The number of aromatic hydroxyl groups is 1. The number of rotatable bonds is 7. The van der Waals surface area contributed by atoms with Gasteiger partial charge in [0.15, 0.2) is 11.5 Å². The van der Waals surface area contributed by atoms with Crippen LogP contribution in [0.2, 0.25) is 0 Å². The number of carbonyl (C=O) groups is 1. The van der Waals surface area contributed by atoms with E-state index in [0.29, 0.717) is 0 Å². The van der Waals surface area contributed by atoms with Crippen molar-refractivity contribution in [1.29, 1.82) is 0 Å². The second-order valence-corrected chi connectivity index (χ2v) is 5.91. The predicted octanol–water partition coefficient (Wildman–Crippen LogP) is 2.63. The zero-order valence-corrected chi connectivity index (χ0v) is 15.2. The summed E-state index contributed by atoms with van der Waals surface area (Å²) in [7, 11) is 1.27. The number of carbonyl (C=O) groups excluding carboxylic acids is 1. The minimum atomic E-state index is -0.625. The number of nitrogens with zero attached hydrogens (tertiary/aromatic N) is 2. The molecule has 9 nitrogen and oxygen atoms in total. The molecule has 3 N–H and O–H groups in total. The van der Waals surface area contributed by atoms with Crippen molar-refractivity contribution in [3.8, 4) is 11.5 Å². The first-order chi connectivity index (χ1) is 12.4. The maximum Gasteiger partial charge on any atom is 0.274 e. The first-order valence-electron chi connectivity index (χ1n) is 7.27. The average molecular weight is 423 g/mol. The summed E-state index contributed by atoms with van der Waals surface area (Å²) >= 11 is 3.31. The van der Waals surface area contributed by atoms with Crippen molar-refractivity contribution >= 4 is 39.4 Å². The van der Waals surface area contributed by atoms with E-state index >= 15 is 0 Å². The van der Waals surface area contributed by atoms with Crippen molar-refractivity contribution in [2.75, 3.05) is 19.0 Å². The summed E-state index contributed by atoms with van der Waals surface area (Å²) in [6.45, 7) is -0.0246. The van der Waals surface area contributed by atoms with E-state index in [-0.39, 0.29) is 29.3 Å². The molecule has 136 valence electrons. The van der Waals surface area contributed by atoms with Crippen LogP contribution in [0.4, 0.5) is 11.4 Å². The summed E-state index contributed by atoms with van der Waals surface area (Å²) in [5.41, 5.74) is 2.79. The first-order valence-corrected chi connectivity index (χ1v) is 8.06. The average Bonchev–Trinajstić information content (AvgIpc) is 2.62. The summed E-state index contributed by atoms with van der Waals surface area (Å²) in [5.74, 6) is -0.811. The van der Waals surface area contributed by atoms with Crippen molar-refractivity contribution in [1.82, 2.24) is 5.43 Å². The fourth-order valence-electron chi connectivity index (χ4n) is 1.94. The molecule has 1 amide bonds. The quantitative estimate of drug-likeness (QED) is 0.357. The van der Waals surface area contributed by atoms with Gasteiger partial charge in [0.1, 0.15) is 0 Å². The maximum absolute atomic E-state index is 11.8. The summed E-state index contributed by atoms with van der Waals surface area (Å²) < 4.78 is 5.80. The number of methoxy groups -OCH3 is 1. The van der Waals surface area contributed by atoms with Gasteiger partial charge in [0.25, 0.3) is 11.6 Å². The molecule has 26 heavy (non-hydrogen) atoms. The minimum absolute atomic E-state index is 0.0246. The Kier molecular flexibility index (Phi) is 6.50. The number of nitro groups is 1. The fraction of sp³-hybridized carbons (Fsp3) is 0.125. The van der Waals surface area contributed by atoms with Gasteiger partial charge in [-0.2, -0.15) is 5.10 Å². The van der Waals surface area contributed by atoms with Crippen LogP contribution in [0.15, 0.2) is 46.0 Å². The lowest BCUT2D eigenvalue weighted by molar-refractivity contribution is -0.385. The second kappa shape index (κ2) is 8.81. The molecule has 0 fully saturated rings. The van der Waals surface area contributed by atoms with Gasteiger partial charge in [0.05, 0.1) is 30.9 Å². The number of halogens is 1. The Hall–Kier alpha value is -3.14. The normalized spacial score (nSPS) is 10.5. The van der Waals surface area contributed by atoms with Crippen LogP contribution >= 0.6 is 15.9 Å². The molecule has 0 saturated carbocycles. The lowest BCUT2D eigenvalue weighted by Gasteiger charge is -2.06. The van der Waals surface area contributed by atoms with Gasteiger partial charge in [-0.3, -0.25) is 14.9 Å².